The number of ether oxygens (including phenoxy) is 2. The molecule has 2 fully saturated rings. The molecule has 7 rings (SSSR count). The normalized spacial score (nSPS) is 26.3. The monoisotopic (exact) mass is 527 g/mol. The average Bonchev–Trinajstić information content (AvgIpc) is 3.65. The Morgan fingerprint density at radius 1 is 0.923 bits per heavy atom. The average molecular weight is 528 g/mol. The van der Waals surface area contributed by atoms with Crippen LogP contribution in [0.5, 0.6) is 23.0 Å². The van der Waals surface area contributed by atoms with Gasteiger partial charge in [-0.1, -0.05) is 25.1 Å². The van der Waals surface area contributed by atoms with Crippen molar-refractivity contribution in [2.45, 2.75) is 31.3 Å². The van der Waals surface area contributed by atoms with E-state index in [9.17, 15) is 24.6 Å². The molecule has 3 aromatic carbocycles. The van der Waals surface area contributed by atoms with Crippen molar-refractivity contribution in [3.05, 3.63) is 71.3 Å². The number of fused-ring (bicyclic) bond motifs is 5. The topological polar surface area (TPSA) is 137 Å². The third kappa shape index (κ3) is 3.21. The van der Waals surface area contributed by atoms with Crippen molar-refractivity contribution in [1.82, 2.24) is 5.32 Å². The van der Waals surface area contributed by atoms with E-state index in [4.69, 9.17) is 9.47 Å². The summed E-state index contributed by atoms with van der Waals surface area (Å²) in [6, 6.07) is 14.4. The molecule has 4 atom stereocenters. The first-order chi connectivity index (χ1) is 18.8. The van der Waals surface area contributed by atoms with Crippen LogP contribution in [0.1, 0.15) is 23.6 Å². The second-order valence-electron chi connectivity index (χ2n) is 10.3. The van der Waals surface area contributed by atoms with Gasteiger partial charge >= 0.3 is 0 Å². The zero-order valence-electron chi connectivity index (χ0n) is 20.9. The number of phenols is 2. The third-order valence-electron chi connectivity index (χ3n) is 8.30. The molecule has 10 nitrogen and oxygen atoms in total. The maximum absolute atomic E-state index is 14.2. The number of nitrogens with zero attached hydrogens (tertiary/aromatic N) is 1. The zero-order chi connectivity index (χ0) is 27.1. The summed E-state index contributed by atoms with van der Waals surface area (Å²) < 4.78 is 10.9. The predicted molar refractivity (Wildman–Crippen MR) is 139 cm³/mol. The van der Waals surface area contributed by atoms with Crippen LogP contribution in [0.3, 0.4) is 0 Å². The summed E-state index contributed by atoms with van der Waals surface area (Å²) in [5.41, 5.74) is 1.79. The number of imide groups is 1. The van der Waals surface area contributed by atoms with Gasteiger partial charge in [0.1, 0.15) is 5.54 Å². The Morgan fingerprint density at radius 3 is 2.51 bits per heavy atom. The summed E-state index contributed by atoms with van der Waals surface area (Å²) >= 11 is 0. The van der Waals surface area contributed by atoms with Crippen LogP contribution in [0.15, 0.2) is 54.6 Å². The first-order valence-corrected chi connectivity index (χ1v) is 12.8. The van der Waals surface area contributed by atoms with Crippen molar-refractivity contribution in [2.75, 3.05) is 17.0 Å². The second kappa shape index (κ2) is 8.21. The first kappa shape index (κ1) is 23.5. The van der Waals surface area contributed by atoms with Gasteiger partial charge in [0.05, 0.1) is 17.5 Å². The van der Waals surface area contributed by atoms with Crippen LogP contribution in [0, 0.1) is 11.8 Å². The molecule has 0 radical (unpaired) electrons. The molecule has 4 heterocycles. The van der Waals surface area contributed by atoms with E-state index in [1.807, 2.05) is 25.1 Å². The zero-order valence-corrected chi connectivity index (χ0v) is 20.9. The number of phenolic OH excluding ortho intramolecular Hbond substituents is 2. The van der Waals surface area contributed by atoms with E-state index in [0.717, 1.165) is 16.9 Å². The summed E-state index contributed by atoms with van der Waals surface area (Å²) in [6.07, 6.45) is 0.971. The predicted octanol–water partition coefficient (Wildman–Crippen LogP) is 2.56. The highest BCUT2D eigenvalue weighted by atomic mass is 16.7. The first-order valence-electron chi connectivity index (χ1n) is 12.8. The molecule has 0 saturated carbocycles. The number of benzene rings is 3. The molecule has 0 aliphatic carbocycles. The highest BCUT2D eigenvalue weighted by Gasteiger charge is 2.70. The van der Waals surface area contributed by atoms with Gasteiger partial charge in [-0.15, -0.1) is 0 Å². The summed E-state index contributed by atoms with van der Waals surface area (Å²) in [5, 5.41) is 26.2. The van der Waals surface area contributed by atoms with Gasteiger partial charge in [-0.3, -0.25) is 19.7 Å². The maximum Gasteiger partial charge on any atom is 0.250 e. The number of amides is 3. The van der Waals surface area contributed by atoms with Crippen molar-refractivity contribution >= 4 is 29.1 Å². The van der Waals surface area contributed by atoms with Crippen LogP contribution in [0.2, 0.25) is 0 Å². The number of carbonyl (C=O) groups is 3. The number of aryl methyl sites for hydroxylation is 1. The van der Waals surface area contributed by atoms with Crippen molar-refractivity contribution in [1.29, 1.82) is 0 Å². The molecule has 0 bridgehead atoms. The minimum atomic E-state index is -1.45. The van der Waals surface area contributed by atoms with E-state index < -0.39 is 35.2 Å². The Morgan fingerprint density at radius 2 is 1.72 bits per heavy atom. The molecule has 3 aromatic rings. The molecule has 3 amide bonds. The number of hydrogen-bond acceptors (Lipinski definition) is 8. The fraction of sp³-hybridized carbons (Fsp3) is 0.276. The molecule has 4 N–H and O–H groups in total. The smallest absolute Gasteiger partial charge is 0.250 e. The van der Waals surface area contributed by atoms with Crippen LogP contribution in [-0.2, 0) is 32.8 Å². The SMILES string of the molecule is CCc1ccc2c(c1)[C@@]1(N[C@@H](Cc3ccc(O)c(O)c3)[C@H]3C(=O)N(c4ccc5c(c4)OCO5)C(=O)[C@H]31)C(=O)N2. The van der Waals surface area contributed by atoms with Crippen LogP contribution < -0.4 is 25.0 Å². The number of aromatic hydroxyl groups is 2. The molecule has 4 aliphatic rings. The molecular formula is C29H25N3O7. The second-order valence-corrected chi connectivity index (χ2v) is 10.3. The fourth-order valence-corrected chi connectivity index (χ4v) is 6.47. The van der Waals surface area contributed by atoms with Gasteiger partial charge in [0.2, 0.25) is 24.5 Å². The Bertz CT molecular complexity index is 1590. The van der Waals surface area contributed by atoms with Gasteiger partial charge in [-0.25, -0.2) is 4.90 Å². The van der Waals surface area contributed by atoms with Crippen molar-refractivity contribution in [2.24, 2.45) is 11.8 Å². The van der Waals surface area contributed by atoms with Gasteiger partial charge in [0.15, 0.2) is 23.0 Å². The third-order valence-corrected chi connectivity index (χ3v) is 8.30. The number of rotatable bonds is 4. The van der Waals surface area contributed by atoms with E-state index in [1.54, 1.807) is 24.3 Å². The summed E-state index contributed by atoms with van der Waals surface area (Å²) in [7, 11) is 0. The van der Waals surface area contributed by atoms with Crippen LogP contribution in [0.25, 0.3) is 0 Å². The molecule has 39 heavy (non-hydrogen) atoms. The van der Waals surface area contributed by atoms with Crippen molar-refractivity contribution < 1.29 is 34.1 Å². The maximum atomic E-state index is 14.2. The lowest BCUT2D eigenvalue weighted by molar-refractivity contribution is -0.130. The molecular weight excluding hydrogens is 502 g/mol. The highest BCUT2D eigenvalue weighted by Crippen LogP contribution is 2.54. The minimum absolute atomic E-state index is 0.0528. The van der Waals surface area contributed by atoms with Gasteiger partial charge in [-0.05, 0) is 54.3 Å². The lowest BCUT2D eigenvalue weighted by atomic mass is 9.76. The molecule has 0 aromatic heterocycles. The summed E-state index contributed by atoms with van der Waals surface area (Å²) in [5.74, 6) is -2.73. The van der Waals surface area contributed by atoms with Gasteiger partial charge < -0.3 is 25.0 Å². The molecule has 2 saturated heterocycles. The number of hydrogen-bond donors (Lipinski definition) is 4. The van der Waals surface area contributed by atoms with Crippen LogP contribution in [0.4, 0.5) is 11.4 Å². The van der Waals surface area contributed by atoms with E-state index in [1.165, 1.54) is 12.1 Å². The van der Waals surface area contributed by atoms with E-state index in [2.05, 4.69) is 10.6 Å². The van der Waals surface area contributed by atoms with Gasteiger partial charge in [0.25, 0.3) is 0 Å². The Labute approximate surface area is 223 Å². The quantitative estimate of drug-likeness (QED) is 0.300. The molecule has 1 spiro atoms. The molecule has 0 unspecified atom stereocenters. The number of anilines is 2. The molecule has 10 heteroatoms. The Balaban J connectivity index is 1.36. The largest absolute Gasteiger partial charge is 0.504 e. The van der Waals surface area contributed by atoms with Gasteiger partial charge in [-0.2, -0.15) is 0 Å². The van der Waals surface area contributed by atoms with Crippen molar-refractivity contribution in [3.63, 3.8) is 0 Å². The lowest BCUT2D eigenvalue weighted by Crippen LogP contribution is -2.53. The summed E-state index contributed by atoms with van der Waals surface area (Å²) in [6.45, 7) is 2.06. The number of carbonyl (C=O) groups excluding carboxylic acids is 3. The molecule has 4 aliphatic heterocycles. The van der Waals surface area contributed by atoms with Crippen LogP contribution >= 0.6 is 0 Å². The lowest BCUT2D eigenvalue weighted by Gasteiger charge is -2.30. The van der Waals surface area contributed by atoms with Crippen molar-refractivity contribution in [3.8, 4) is 23.0 Å². The minimum Gasteiger partial charge on any atom is -0.504 e. The summed E-state index contributed by atoms with van der Waals surface area (Å²) in [4.78, 5) is 43.2. The standard InChI is InChI=1S/C29H25N3O7/c1-2-14-3-6-18-17(9-14)29(28(37)30-18)25-24(19(31-29)10-15-4-7-20(33)21(34)11-15)26(35)32(27(25)36)16-5-8-22-23(12-16)39-13-38-22/h3-9,11-12,19,24-25,31,33-34H,2,10,13H2,1H3,(H,30,37)/t19-,24+,25-,29-/m0/s1. The van der Waals surface area contributed by atoms with E-state index in [-0.39, 0.29) is 30.6 Å². The van der Waals surface area contributed by atoms with Crippen LogP contribution in [-0.4, -0.2) is 40.8 Å². The highest BCUT2D eigenvalue weighted by molar-refractivity contribution is 6.26. The molecule has 198 valence electrons. The fourth-order valence-electron chi connectivity index (χ4n) is 6.47. The Kier molecular flexibility index (Phi) is 4.96. The Hall–Kier alpha value is -4.57. The van der Waals surface area contributed by atoms with E-state index >= 15 is 0 Å². The van der Waals surface area contributed by atoms with E-state index in [0.29, 0.717) is 34.0 Å². The number of nitrogens with one attached hydrogen (secondary N) is 2. The van der Waals surface area contributed by atoms with Gasteiger partial charge in [0, 0.05) is 23.4 Å².